The van der Waals surface area contributed by atoms with Crippen molar-refractivity contribution in [2.75, 3.05) is 13.1 Å². The van der Waals surface area contributed by atoms with Crippen molar-refractivity contribution < 1.29 is 4.79 Å². The van der Waals surface area contributed by atoms with Crippen LogP contribution in [-0.4, -0.2) is 39.1 Å². The third kappa shape index (κ3) is 1.92. The van der Waals surface area contributed by atoms with Crippen LogP contribution in [-0.2, 0) is 0 Å². The number of hydrogen-bond acceptors (Lipinski definition) is 4. The average molecular weight is 262 g/mol. The molecule has 0 spiro atoms. The Morgan fingerprint density at radius 2 is 2.50 bits per heavy atom. The number of nitrogens with zero attached hydrogens (tertiary/aromatic N) is 3. The molecule has 1 fully saturated rings. The van der Waals surface area contributed by atoms with Crippen LogP contribution >= 0.6 is 11.3 Å². The summed E-state index contributed by atoms with van der Waals surface area (Å²) < 4.78 is 0. The first-order valence-electron chi connectivity index (χ1n) is 5.93. The largest absolute Gasteiger partial charge is 0.337 e. The van der Waals surface area contributed by atoms with Gasteiger partial charge < -0.3 is 4.90 Å². The lowest BCUT2D eigenvalue weighted by molar-refractivity contribution is 0.0785. The van der Waals surface area contributed by atoms with E-state index in [0.717, 1.165) is 25.2 Å². The van der Waals surface area contributed by atoms with Crippen molar-refractivity contribution in [3.63, 3.8) is 0 Å². The van der Waals surface area contributed by atoms with Crippen LogP contribution in [0.5, 0.6) is 0 Å². The lowest BCUT2D eigenvalue weighted by Gasteiger charge is -2.14. The summed E-state index contributed by atoms with van der Waals surface area (Å²) in [5, 5.41) is 8.89. The smallest absolute Gasteiger partial charge is 0.273 e. The minimum Gasteiger partial charge on any atom is -0.337 e. The quantitative estimate of drug-likeness (QED) is 0.897. The molecule has 0 saturated carbocycles. The molecule has 18 heavy (non-hydrogen) atoms. The molecule has 3 heterocycles. The molecule has 2 aromatic heterocycles. The van der Waals surface area contributed by atoms with E-state index in [1.807, 2.05) is 18.0 Å². The third-order valence-electron chi connectivity index (χ3n) is 3.40. The van der Waals surface area contributed by atoms with Crippen molar-refractivity contribution in [1.29, 1.82) is 0 Å². The van der Waals surface area contributed by atoms with Gasteiger partial charge in [0.05, 0.1) is 11.7 Å². The molecule has 1 saturated heterocycles. The van der Waals surface area contributed by atoms with E-state index in [1.54, 1.807) is 10.9 Å². The van der Waals surface area contributed by atoms with E-state index in [2.05, 4.69) is 15.2 Å². The Labute approximate surface area is 109 Å². The van der Waals surface area contributed by atoms with Crippen molar-refractivity contribution in [2.24, 2.45) is 0 Å². The van der Waals surface area contributed by atoms with Gasteiger partial charge in [-0.25, -0.2) is 4.98 Å². The third-order valence-corrected chi connectivity index (χ3v) is 3.99. The highest BCUT2D eigenvalue weighted by Gasteiger charge is 2.30. The maximum atomic E-state index is 12.2. The standard InChI is InChI=1S/C12H14N4OS/c1-8-4-14-15-11(8)9-2-3-16(5-9)12(17)10-6-18-7-13-10/h4,6-7,9H,2-3,5H2,1H3,(H,14,15)/t9-/m0/s1. The first kappa shape index (κ1) is 11.4. The first-order chi connectivity index (χ1) is 8.75. The van der Waals surface area contributed by atoms with Crippen LogP contribution in [0.1, 0.15) is 34.1 Å². The zero-order chi connectivity index (χ0) is 12.5. The molecule has 1 atom stereocenters. The summed E-state index contributed by atoms with van der Waals surface area (Å²) >= 11 is 1.45. The van der Waals surface area contributed by atoms with Crippen molar-refractivity contribution in [3.05, 3.63) is 34.0 Å². The number of aryl methyl sites for hydroxylation is 1. The summed E-state index contributed by atoms with van der Waals surface area (Å²) in [5.41, 5.74) is 4.58. The molecule has 0 aromatic carbocycles. The minimum absolute atomic E-state index is 0.0379. The molecular weight excluding hydrogens is 248 g/mol. The van der Waals surface area contributed by atoms with E-state index in [1.165, 1.54) is 16.9 Å². The lowest BCUT2D eigenvalue weighted by atomic mass is 10.0. The molecule has 1 amide bonds. The summed E-state index contributed by atoms with van der Waals surface area (Å²) in [7, 11) is 0. The normalized spacial score (nSPS) is 19.4. The van der Waals surface area contributed by atoms with E-state index >= 15 is 0 Å². The van der Waals surface area contributed by atoms with Crippen molar-refractivity contribution in [3.8, 4) is 0 Å². The van der Waals surface area contributed by atoms with Gasteiger partial charge >= 0.3 is 0 Å². The Morgan fingerprint density at radius 1 is 1.61 bits per heavy atom. The predicted octanol–water partition coefficient (Wildman–Crippen LogP) is 1.80. The van der Waals surface area contributed by atoms with Gasteiger partial charge in [0.2, 0.25) is 0 Å². The Hall–Kier alpha value is -1.69. The predicted molar refractivity (Wildman–Crippen MR) is 68.7 cm³/mol. The second kappa shape index (κ2) is 4.53. The van der Waals surface area contributed by atoms with Crippen LogP contribution in [0, 0.1) is 6.92 Å². The minimum atomic E-state index is 0.0379. The van der Waals surface area contributed by atoms with E-state index in [4.69, 9.17) is 0 Å². The first-order valence-corrected chi connectivity index (χ1v) is 6.87. The summed E-state index contributed by atoms with van der Waals surface area (Å²) in [6.07, 6.45) is 2.82. The Morgan fingerprint density at radius 3 is 3.17 bits per heavy atom. The van der Waals surface area contributed by atoms with E-state index in [0.29, 0.717) is 11.6 Å². The summed E-state index contributed by atoms with van der Waals surface area (Å²) in [6, 6.07) is 0. The zero-order valence-corrected chi connectivity index (χ0v) is 10.9. The summed E-state index contributed by atoms with van der Waals surface area (Å²) in [5.74, 6) is 0.408. The molecule has 1 aliphatic rings. The summed E-state index contributed by atoms with van der Waals surface area (Å²) in [6.45, 7) is 3.59. The number of H-pyrrole nitrogens is 1. The molecule has 1 N–H and O–H groups in total. The van der Waals surface area contributed by atoms with Gasteiger partial charge in [0.15, 0.2) is 0 Å². The molecule has 0 bridgehead atoms. The van der Waals surface area contributed by atoms with E-state index in [9.17, 15) is 4.79 Å². The van der Waals surface area contributed by atoms with Crippen LogP contribution in [0.3, 0.4) is 0 Å². The summed E-state index contributed by atoms with van der Waals surface area (Å²) in [4.78, 5) is 18.1. The van der Waals surface area contributed by atoms with Gasteiger partial charge in [-0.05, 0) is 18.9 Å². The van der Waals surface area contributed by atoms with Crippen LogP contribution in [0.2, 0.25) is 0 Å². The highest BCUT2D eigenvalue weighted by Crippen LogP contribution is 2.28. The maximum absolute atomic E-state index is 12.2. The number of likely N-dealkylation sites (tertiary alicyclic amines) is 1. The number of carbonyl (C=O) groups is 1. The van der Waals surface area contributed by atoms with Gasteiger partial charge in [0, 0.05) is 30.1 Å². The number of aromatic amines is 1. The Bertz CT molecular complexity index is 548. The van der Waals surface area contributed by atoms with Crippen LogP contribution in [0.25, 0.3) is 0 Å². The SMILES string of the molecule is Cc1cn[nH]c1[C@H]1CCN(C(=O)c2cscn2)C1. The molecule has 0 radical (unpaired) electrons. The fraction of sp³-hybridized carbons (Fsp3) is 0.417. The van der Waals surface area contributed by atoms with Gasteiger partial charge in [-0.1, -0.05) is 0 Å². The lowest BCUT2D eigenvalue weighted by Crippen LogP contribution is -2.28. The molecule has 94 valence electrons. The molecule has 6 heteroatoms. The second-order valence-electron chi connectivity index (χ2n) is 4.58. The number of carbonyl (C=O) groups excluding carboxylic acids is 1. The number of hydrogen-bond donors (Lipinski definition) is 1. The second-order valence-corrected chi connectivity index (χ2v) is 5.30. The van der Waals surface area contributed by atoms with Crippen LogP contribution in [0.15, 0.2) is 17.1 Å². The molecular formula is C12H14N4OS. The average Bonchev–Trinajstić information content (AvgIpc) is 3.09. The zero-order valence-electron chi connectivity index (χ0n) is 10.1. The van der Waals surface area contributed by atoms with Crippen molar-refractivity contribution >= 4 is 17.2 Å². The monoisotopic (exact) mass is 262 g/mol. The molecule has 5 nitrogen and oxygen atoms in total. The number of nitrogens with one attached hydrogen (secondary N) is 1. The highest BCUT2D eigenvalue weighted by molar-refractivity contribution is 7.07. The molecule has 3 rings (SSSR count). The van der Waals surface area contributed by atoms with Gasteiger partial charge in [-0.2, -0.15) is 5.10 Å². The molecule has 2 aromatic rings. The Balaban J connectivity index is 1.73. The number of aromatic nitrogens is 3. The van der Waals surface area contributed by atoms with Gasteiger partial charge in [-0.3, -0.25) is 9.89 Å². The molecule has 1 aliphatic heterocycles. The van der Waals surface area contributed by atoms with Gasteiger partial charge in [0.1, 0.15) is 5.69 Å². The van der Waals surface area contributed by atoms with Gasteiger partial charge in [-0.15, -0.1) is 11.3 Å². The van der Waals surface area contributed by atoms with E-state index in [-0.39, 0.29) is 5.91 Å². The Kier molecular flexibility index (Phi) is 2.87. The van der Waals surface area contributed by atoms with Crippen molar-refractivity contribution in [2.45, 2.75) is 19.3 Å². The van der Waals surface area contributed by atoms with Crippen LogP contribution in [0.4, 0.5) is 0 Å². The molecule has 0 aliphatic carbocycles. The maximum Gasteiger partial charge on any atom is 0.273 e. The number of rotatable bonds is 2. The topological polar surface area (TPSA) is 61.9 Å². The van der Waals surface area contributed by atoms with Crippen LogP contribution < -0.4 is 0 Å². The number of thiazole rings is 1. The fourth-order valence-electron chi connectivity index (χ4n) is 2.43. The van der Waals surface area contributed by atoms with E-state index < -0.39 is 0 Å². The van der Waals surface area contributed by atoms with Gasteiger partial charge in [0.25, 0.3) is 5.91 Å². The molecule has 0 unspecified atom stereocenters. The number of amides is 1. The van der Waals surface area contributed by atoms with Crippen molar-refractivity contribution in [1.82, 2.24) is 20.1 Å². The fourth-order valence-corrected chi connectivity index (χ4v) is 2.96. The highest BCUT2D eigenvalue weighted by atomic mass is 32.1.